The third-order valence-corrected chi connectivity index (χ3v) is 3.10. The van der Waals surface area contributed by atoms with Crippen molar-refractivity contribution < 1.29 is 22.6 Å². The second-order valence-electron chi connectivity index (χ2n) is 3.84. The van der Waals surface area contributed by atoms with Gasteiger partial charge in [-0.25, -0.2) is 4.98 Å². The summed E-state index contributed by atoms with van der Waals surface area (Å²) in [5.41, 5.74) is 0.713. The number of hydrogen-bond donors (Lipinski definition) is 0. The van der Waals surface area contributed by atoms with Crippen molar-refractivity contribution >= 4 is 15.9 Å². The van der Waals surface area contributed by atoms with E-state index in [0.717, 1.165) is 10.5 Å². The summed E-state index contributed by atoms with van der Waals surface area (Å²) in [5.74, 6) is 0.152. The molecule has 0 aliphatic heterocycles. The van der Waals surface area contributed by atoms with Crippen molar-refractivity contribution in [1.29, 1.82) is 0 Å². The SMILES string of the molecule is Cc1nc(Oc2cccc(OC(F)(F)F)c2)ccc1Br. The number of nitrogens with zero attached hydrogens (tertiary/aromatic N) is 1. The van der Waals surface area contributed by atoms with E-state index in [0.29, 0.717) is 5.69 Å². The zero-order chi connectivity index (χ0) is 14.8. The molecule has 0 radical (unpaired) electrons. The lowest BCUT2D eigenvalue weighted by molar-refractivity contribution is -0.274. The molecule has 1 aromatic carbocycles. The van der Waals surface area contributed by atoms with E-state index >= 15 is 0 Å². The lowest BCUT2D eigenvalue weighted by Gasteiger charge is -2.10. The highest BCUT2D eigenvalue weighted by Gasteiger charge is 2.31. The van der Waals surface area contributed by atoms with Crippen molar-refractivity contribution in [2.24, 2.45) is 0 Å². The molecule has 0 atom stereocenters. The normalized spacial score (nSPS) is 11.2. The molecule has 0 saturated carbocycles. The molecule has 1 aromatic heterocycles. The second-order valence-corrected chi connectivity index (χ2v) is 4.70. The van der Waals surface area contributed by atoms with Gasteiger partial charge in [0.05, 0.1) is 5.69 Å². The van der Waals surface area contributed by atoms with E-state index < -0.39 is 6.36 Å². The zero-order valence-corrected chi connectivity index (χ0v) is 11.8. The van der Waals surface area contributed by atoms with Crippen LogP contribution in [0.2, 0.25) is 0 Å². The Bertz CT molecular complexity index is 617. The second kappa shape index (κ2) is 5.70. The van der Waals surface area contributed by atoms with Crippen LogP contribution in [0.15, 0.2) is 40.9 Å². The number of ether oxygens (including phenoxy) is 2. The average molecular weight is 348 g/mol. The van der Waals surface area contributed by atoms with Gasteiger partial charge in [0, 0.05) is 16.6 Å². The van der Waals surface area contributed by atoms with Gasteiger partial charge < -0.3 is 9.47 Å². The highest BCUT2D eigenvalue weighted by atomic mass is 79.9. The molecule has 106 valence electrons. The molecule has 0 fully saturated rings. The lowest BCUT2D eigenvalue weighted by Crippen LogP contribution is -2.17. The molecule has 2 aromatic rings. The van der Waals surface area contributed by atoms with Crippen LogP contribution >= 0.6 is 15.9 Å². The van der Waals surface area contributed by atoms with Gasteiger partial charge in [0.25, 0.3) is 0 Å². The molecule has 0 saturated heterocycles. The number of aryl methyl sites for hydroxylation is 1. The monoisotopic (exact) mass is 347 g/mol. The third kappa shape index (κ3) is 4.12. The molecular weight excluding hydrogens is 339 g/mol. The van der Waals surface area contributed by atoms with Crippen LogP contribution in [-0.2, 0) is 0 Å². The van der Waals surface area contributed by atoms with Crippen molar-refractivity contribution in [3.63, 3.8) is 0 Å². The van der Waals surface area contributed by atoms with Crippen molar-refractivity contribution in [3.8, 4) is 17.4 Å². The first-order valence-electron chi connectivity index (χ1n) is 5.50. The Kier molecular flexibility index (Phi) is 4.17. The summed E-state index contributed by atoms with van der Waals surface area (Å²) in [7, 11) is 0. The number of alkyl halides is 3. The van der Waals surface area contributed by atoms with Crippen LogP contribution in [0.4, 0.5) is 13.2 Å². The van der Waals surface area contributed by atoms with Gasteiger partial charge in [0.1, 0.15) is 11.5 Å². The first-order chi connectivity index (χ1) is 9.33. The highest BCUT2D eigenvalue weighted by Crippen LogP contribution is 2.28. The molecule has 0 amide bonds. The number of benzene rings is 1. The number of halogens is 4. The number of hydrogen-bond acceptors (Lipinski definition) is 3. The summed E-state index contributed by atoms with van der Waals surface area (Å²) < 4.78 is 46.4. The maximum Gasteiger partial charge on any atom is 0.573 e. The molecule has 7 heteroatoms. The fourth-order valence-corrected chi connectivity index (χ4v) is 1.65. The predicted molar refractivity (Wildman–Crippen MR) is 69.9 cm³/mol. The highest BCUT2D eigenvalue weighted by molar-refractivity contribution is 9.10. The first kappa shape index (κ1) is 14.6. The smallest absolute Gasteiger partial charge is 0.439 e. The Morgan fingerprint density at radius 1 is 1.10 bits per heavy atom. The maximum atomic E-state index is 12.1. The van der Waals surface area contributed by atoms with Crippen molar-refractivity contribution in [2.75, 3.05) is 0 Å². The van der Waals surface area contributed by atoms with Gasteiger partial charge >= 0.3 is 6.36 Å². The van der Waals surface area contributed by atoms with Crippen LogP contribution in [0, 0.1) is 6.92 Å². The van der Waals surface area contributed by atoms with Gasteiger partial charge in [-0.2, -0.15) is 0 Å². The molecule has 0 unspecified atom stereocenters. The predicted octanol–water partition coefficient (Wildman–Crippen LogP) is 4.84. The van der Waals surface area contributed by atoms with Crippen LogP contribution in [0.1, 0.15) is 5.69 Å². The molecule has 0 spiro atoms. The topological polar surface area (TPSA) is 31.4 Å². The minimum atomic E-state index is -4.73. The zero-order valence-electron chi connectivity index (χ0n) is 10.2. The summed E-state index contributed by atoms with van der Waals surface area (Å²) in [4.78, 5) is 4.14. The number of aromatic nitrogens is 1. The Morgan fingerprint density at radius 2 is 1.80 bits per heavy atom. The first-order valence-corrected chi connectivity index (χ1v) is 6.29. The summed E-state index contributed by atoms with van der Waals surface area (Å²) in [6.07, 6.45) is -4.73. The number of pyridine rings is 1. The van der Waals surface area contributed by atoms with E-state index in [2.05, 4.69) is 25.7 Å². The molecule has 2 rings (SSSR count). The van der Waals surface area contributed by atoms with Crippen LogP contribution in [0.5, 0.6) is 17.4 Å². The summed E-state index contributed by atoms with van der Waals surface area (Å²) in [6, 6.07) is 8.61. The van der Waals surface area contributed by atoms with Crippen LogP contribution in [0.3, 0.4) is 0 Å². The fraction of sp³-hybridized carbons (Fsp3) is 0.154. The van der Waals surface area contributed by atoms with Gasteiger partial charge in [0.2, 0.25) is 5.88 Å². The average Bonchev–Trinajstić information content (AvgIpc) is 2.32. The molecule has 0 bridgehead atoms. The minimum absolute atomic E-state index is 0.209. The van der Waals surface area contributed by atoms with Crippen LogP contribution in [-0.4, -0.2) is 11.3 Å². The summed E-state index contributed by atoms with van der Waals surface area (Å²) >= 11 is 3.30. The van der Waals surface area contributed by atoms with Crippen LogP contribution in [0.25, 0.3) is 0 Å². The largest absolute Gasteiger partial charge is 0.573 e. The number of rotatable bonds is 3. The van der Waals surface area contributed by atoms with E-state index in [-0.39, 0.29) is 17.4 Å². The molecule has 0 aliphatic carbocycles. The summed E-state index contributed by atoms with van der Waals surface area (Å²) in [6.45, 7) is 1.78. The molecule has 20 heavy (non-hydrogen) atoms. The van der Waals surface area contributed by atoms with Crippen molar-refractivity contribution in [2.45, 2.75) is 13.3 Å². The third-order valence-electron chi connectivity index (χ3n) is 2.26. The molecule has 1 heterocycles. The Hall–Kier alpha value is -1.76. The van der Waals surface area contributed by atoms with Crippen molar-refractivity contribution in [1.82, 2.24) is 4.98 Å². The van der Waals surface area contributed by atoms with Crippen molar-refractivity contribution in [3.05, 3.63) is 46.6 Å². The van der Waals surface area contributed by atoms with Crippen LogP contribution < -0.4 is 9.47 Å². The van der Waals surface area contributed by atoms with E-state index in [1.807, 2.05) is 0 Å². The van der Waals surface area contributed by atoms with Gasteiger partial charge in [-0.3, -0.25) is 0 Å². The Labute approximate surface area is 121 Å². The Balaban J connectivity index is 2.17. The molecule has 3 nitrogen and oxygen atoms in total. The van der Waals surface area contributed by atoms with Gasteiger partial charge in [-0.05, 0) is 41.1 Å². The summed E-state index contributed by atoms with van der Waals surface area (Å²) in [5, 5.41) is 0. The fourth-order valence-electron chi connectivity index (χ4n) is 1.43. The van der Waals surface area contributed by atoms with Gasteiger partial charge in [-0.15, -0.1) is 13.2 Å². The molecular formula is C13H9BrF3NO2. The van der Waals surface area contributed by atoms with Gasteiger partial charge in [0.15, 0.2) is 0 Å². The molecule has 0 aliphatic rings. The quantitative estimate of drug-likeness (QED) is 0.795. The van der Waals surface area contributed by atoms with E-state index in [4.69, 9.17) is 4.74 Å². The minimum Gasteiger partial charge on any atom is -0.439 e. The maximum absolute atomic E-state index is 12.1. The van der Waals surface area contributed by atoms with E-state index in [1.165, 1.54) is 18.2 Å². The van der Waals surface area contributed by atoms with E-state index in [9.17, 15) is 13.2 Å². The van der Waals surface area contributed by atoms with Gasteiger partial charge in [-0.1, -0.05) is 6.07 Å². The standard InChI is InChI=1S/C13H9BrF3NO2/c1-8-11(14)5-6-12(18-8)19-9-3-2-4-10(7-9)20-13(15,16)17/h2-7H,1H3. The lowest BCUT2D eigenvalue weighted by atomic mass is 10.3. The molecule has 0 N–H and O–H groups in total. The Morgan fingerprint density at radius 3 is 2.45 bits per heavy atom. The van der Waals surface area contributed by atoms with E-state index in [1.54, 1.807) is 19.1 Å².